The predicted molar refractivity (Wildman–Crippen MR) is 130 cm³/mol. The third-order valence-electron chi connectivity index (χ3n) is 6.44. The zero-order chi connectivity index (χ0) is 24.8. The molecule has 11 heteroatoms. The van der Waals surface area contributed by atoms with Crippen molar-refractivity contribution in [3.8, 4) is 0 Å². The second kappa shape index (κ2) is 9.16. The number of hydrogen-bond donors (Lipinski definition) is 5. The summed E-state index contributed by atoms with van der Waals surface area (Å²) in [5.74, 6) is -0.938. The molecule has 0 bridgehead atoms. The van der Waals surface area contributed by atoms with Crippen molar-refractivity contribution in [2.75, 3.05) is 36.5 Å². The molecule has 2 aliphatic heterocycles. The van der Waals surface area contributed by atoms with Crippen LogP contribution < -0.4 is 11.1 Å². The molecule has 2 amide bonds. The SMILES string of the molecule is Cc1c(C(N)=O)c(C)n(CC(O)CN2CCS(O)(O)CC2)c1/C=C1\C(=O)Nc2ccc(F)cc21. The van der Waals surface area contributed by atoms with Gasteiger partial charge in [-0.1, -0.05) is 0 Å². The fourth-order valence-corrected chi connectivity index (χ4v) is 5.96. The third-order valence-corrected chi connectivity index (χ3v) is 8.11. The molecule has 0 radical (unpaired) electrons. The first kappa shape index (κ1) is 24.4. The number of anilines is 1. The van der Waals surface area contributed by atoms with Gasteiger partial charge in [0, 0.05) is 42.3 Å². The molecule has 1 fully saturated rings. The lowest BCUT2D eigenvalue weighted by Gasteiger charge is -2.41. The predicted octanol–water partition coefficient (Wildman–Crippen LogP) is 2.26. The van der Waals surface area contributed by atoms with E-state index >= 15 is 0 Å². The number of rotatable bonds is 6. The van der Waals surface area contributed by atoms with E-state index in [0.29, 0.717) is 53.4 Å². The van der Waals surface area contributed by atoms with Gasteiger partial charge in [0.2, 0.25) is 0 Å². The second-order valence-corrected chi connectivity index (χ2v) is 11.2. The van der Waals surface area contributed by atoms with Crippen molar-refractivity contribution in [3.05, 3.63) is 52.1 Å². The summed E-state index contributed by atoms with van der Waals surface area (Å²) in [4.78, 5) is 26.8. The van der Waals surface area contributed by atoms with Gasteiger partial charge in [-0.3, -0.25) is 23.6 Å². The van der Waals surface area contributed by atoms with Crippen LogP contribution in [0.1, 0.15) is 32.9 Å². The van der Waals surface area contributed by atoms with E-state index in [0.717, 1.165) is 0 Å². The van der Waals surface area contributed by atoms with Gasteiger partial charge >= 0.3 is 0 Å². The summed E-state index contributed by atoms with van der Waals surface area (Å²) >= 11 is 0. The molecule has 3 heterocycles. The van der Waals surface area contributed by atoms with Crippen LogP contribution in [0.25, 0.3) is 11.6 Å². The lowest BCUT2D eigenvalue weighted by atomic mass is 10.0. The molecule has 1 unspecified atom stereocenters. The highest BCUT2D eigenvalue weighted by Gasteiger charge is 2.29. The van der Waals surface area contributed by atoms with E-state index in [1.165, 1.54) is 18.2 Å². The molecule has 0 saturated carbocycles. The van der Waals surface area contributed by atoms with Crippen LogP contribution in [-0.2, 0) is 11.3 Å². The van der Waals surface area contributed by atoms with Crippen LogP contribution in [0.15, 0.2) is 18.2 Å². The van der Waals surface area contributed by atoms with Gasteiger partial charge in [-0.2, -0.15) is 10.6 Å². The van der Waals surface area contributed by atoms with Crippen LogP contribution in [0.5, 0.6) is 0 Å². The number of amides is 2. The molecule has 1 aromatic heterocycles. The number of β-amino-alcohol motifs (C(OH)–C–C–N with tert-alkyl or cyclic N) is 1. The number of aromatic nitrogens is 1. The van der Waals surface area contributed by atoms with E-state index in [1.54, 1.807) is 24.5 Å². The number of benzene rings is 1. The van der Waals surface area contributed by atoms with E-state index in [4.69, 9.17) is 5.73 Å². The van der Waals surface area contributed by atoms with E-state index in [2.05, 4.69) is 5.32 Å². The number of halogens is 1. The quantitative estimate of drug-likeness (QED) is 0.392. The molecule has 1 saturated heterocycles. The Morgan fingerprint density at radius 1 is 1.26 bits per heavy atom. The van der Waals surface area contributed by atoms with E-state index < -0.39 is 28.4 Å². The first-order valence-electron chi connectivity index (χ1n) is 10.9. The number of nitrogens with one attached hydrogen (secondary N) is 1. The lowest BCUT2D eigenvalue weighted by molar-refractivity contribution is -0.110. The van der Waals surface area contributed by atoms with Crippen LogP contribution in [0.3, 0.4) is 0 Å². The minimum atomic E-state index is -2.53. The Bertz CT molecular complexity index is 1180. The van der Waals surface area contributed by atoms with Crippen LogP contribution in [0, 0.1) is 19.7 Å². The normalized spacial score (nSPS) is 20.8. The maximum atomic E-state index is 13.9. The molecule has 0 spiro atoms. The first-order chi connectivity index (χ1) is 16.0. The summed E-state index contributed by atoms with van der Waals surface area (Å²) in [6.45, 7) is 4.81. The Labute approximate surface area is 198 Å². The average molecular weight is 493 g/mol. The number of aliphatic hydroxyl groups is 1. The number of carbonyl (C=O) groups is 2. The van der Waals surface area contributed by atoms with Gasteiger partial charge in [-0.05, 0) is 43.7 Å². The Morgan fingerprint density at radius 2 is 1.94 bits per heavy atom. The van der Waals surface area contributed by atoms with Gasteiger partial charge in [0.15, 0.2) is 0 Å². The summed E-state index contributed by atoms with van der Waals surface area (Å²) in [6.07, 6.45) is 0.767. The number of primary amides is 1. The number of carbonyl (C=O) groups excluding carboxylic acids is 2. The van der Waals surface area contributed by atoms with E-state index in [1.807, 2.05) is 4.90 Å². The Morgan fingerprint density at radius 3 is 2.59 bits per heavy atom. The fraction of sp³-hybridized carbons (Fsp3) is 0.391. The summed E-state index contributed by atoms with van der Waals surface area (Å²) < 4.78 is 35.2. The highest BCUT2D eigenvalue weighted by molar-refractivity contribution is 8.24. The Kier molecular flexibility index (Phi) is 6.58. The number of nitrogens with two attached hydrogens (primary N) is 1. The standard InChI is InChI=1S/C23H29FN4O5S/c1-13-20(10-18-17-9-15(24)3-4-19(17)26-23(18)31)28(14(2)21(13)22(25)30)12-16(29)11-27-5-7-34(32,33)8-6-27/h3-4,9-10,16,29,32-33H,5-8,11-12H2,1-2H3,(H2,25,30)(H,26,31)/b18-10-. The smallest absolute Gasteiger partial charge is 0.256 e. The average Bonchev–Trinajstić information content (AvgIpc) is 3.17. The van der Waals surface area contributed by atoms with Gasteiger partial charge in [0.05, 0.1) is 35.3 Å². The largest absolute Gasteiger partial charge is 0.390 e. The molecule has 2 aliphatic rings. The van der Waals surface area contributed by atoms with Crippen LogP contribution >= 0.6 is 10.6 Å². The highest BCUT2D eigenvalue weighted by Crippen LogP contribution is 2.40. The van der Waals surface area contributed by atoms with Crippen molar-refractivity contribution < 1.29 is 28.2 Å². The van der Waals surface area contributed by atoms with Gasteiger partial charge in [-0.25, -0.2) is 4.39 Å². The van der Waals surface area contributed by atoms with Gasteiger partial charge < -0.3 is 20.7 Å². The maximum Gasteiger partial charge on any atom is 0.256 e. The monoisotopic (exact) mass is 492 g/mol. The molecule has 0 aliphatic carbocycles. The molecule has 34 heavy (non-hydrogen) atoms. The van der Waals surface area contributed by atoms with Gasteiger partial charge in [0.1, 0.15) is 5.82 Å². The van der Waals surface area contributed by atoms with Crippen molar-refractivity contribution in [1.29, 1.82) is 0 Å². The molecule has 2 aromatic rings. The van der Waals surface area contributed by atoms with Crippen molar-refractivity contribution in [3.63, 3.8) is 0 Å². The summed E-state index contributed by atoms with van der Waals surface area (Å²) in [5, 5.41) is 13.5. The molecule has 184 valence electrons. The highest BCUT2D eigenvalue weighted by atomic mass is 32.3. The number of fused-ring (bicyclic) bond motifs is 1. The molecule has 1 atom stereocenters. The molecular weight excluding hydrogens is 463 g/mol. The van der Waals surface area contributed by atoms with E-state index in [-0.39, 0.29) is 29.5 Å². The first-order valence-corrected chi connectivity index (χ1v) is 12.8. The van der Waals surface area contributed by atoms with Crippen LogP contribution in [-0.4, -0.2) is 72.7 Å². The summed E-state index contributed by atoms with van der Waals surface area (Å²) in [6, 6.07) is 4.04. The zero-order valence-corrected chi connectivity index (χ0v) is 19.9. The summed E-state index contributed by atoms with van der Waals surface area (Å²) in [5.41, 5.74) is 8.75. The van der Waals surface area contributed by atoms with E-state index in [9.17, 15) is 28.2 Å². The molecule has 4 rings (SSSR count). The maximum absolute atomic E-state index is 13.9. The van der Waals surface area contributed by atoms with Crippen molar-refractivity contribution in [2.24, 2.45) is 5.73 Å². The van der Waals surface area contributed by atoms with Crippen molar-refractivity contribution >= 4 is 39.7 Å². The number of nitrogens with zero attached hydrogens (tertiary/aromatic N) is 2. The topological polar surface area (TPSA) is 141 Å². The number of aliphatic hydroxyl groups excluding tert-OH is 1. The van der Waals surface area contributed by atoms with Crippen molar-refractivity contribution in [2.45, 2.75) is 26.5 Å². The van der Waals surface area contributed by atoms with Crippen LogP contribution in [0.2, 0.25) is 0 Å². The lowest BCUT2D eigenvalue weighted by Crippen LogP contribution is -2.43. The van der Waals surface area contributed by atoms with Crippen LogP contribution in [0.4, 0.5) is 10.1 Å². The van der Waals surface area contributed by atoms with Gasteiger partial charge in [-0.15, -0.1) is 0 Å². The molecule has 6 N–H and O–H groups in total. The van der Waals surface area contributed by atoms with Crippen molar-refractivity contribution in [1.82, 2.24) is 9.47 Å². The third kappa shape index (κ3) is 4.75. The Hall–Kier alpha value is -2.70. The second-order valence-electron chi connectivity index (χ2n) is 8.81. The zero-order valence-electron chi connectivity index (χ0n) is 19.0. The van der Waals surface area contributed by atoms with Gasteiger partial charge in [0.25, 0.3) is 11.8 Å². The Balaban J connectivity index is 1.67. The molecular formula is C23H29FN4O5S. The summed E-state index contributed by atoms with van der Waals surface area (Å²) in [7, 11) is -2.53. The minimum absolute atomic E-state index is 0.128. The number of hydrogen-bond acceptors (Lipinski definition) is 6. The molecule has 9 nitrogen and oxygen atoms in total. The fourth-order valence-electron chi connectivity index (χ4n) is 4.66. The minimum Gasteiger partial charge on any atom is -0.390 e. The molecule has 1 aromatic carbocycles.